The second kappa shape index (κ2) is 2.85. The van der Waals surface area contributed by atoms with Crippen molar-refractivity contribution in [2.75, 3.05) is 13.6 Å². The van der Waals surface area contributed by atoms with Crippen molar-refractivity contribution in [3.8, 4) is 0 Å². The van der Waals surface area contributed by atoms with E-state index in [1.807, 2.05) is 24.3 Å². The maximum atomic E-state index is 11.6. The van der Waals surface area contributed by atoms with E-state index < -0.39 is 0 Å². The third-order valence-corrected chi connectivity index (χ3v) is 2.56. The van der Waals surface area contributed by atoms with Gasteiger partial charge in [-0.1, -0.05) is 18.2 Å². The van der Waals surface area contributed by atoms with Crippen LogP contribution in [0.4, 0.5) is 0 Å². The summed E-state index contributed by atoms with van der Waals surface area (Å²) in [4.78, 5) is 13.3. The minimum absolute atomic E-state index is 0.0590. The van der Waals surface area contributed by atoms with Crippen LogP contribution in [0.25, 0.3) is 0 Å². The molecule has 13 heavy (non-hydrogen) atoms. The van der Waals surface area contributed by atoms with E-state index in [9.17, 15) is 4.79 Å². The SMILES string of the molecule is CN1C(=O)c2ccccc2[C@H]1CN. The van der Waals surface area contributed by atoms with Gasteiger partial charge in [0.05, 0.1) is 6.04 Å². The lowest BCUT2D eigenvalue weighted by Crippen LogP contribution is -2.28. The van der Waals surface area contributed by atoms with Gasteiger partial charge in [0.2, 0.25) is 0 Å². The van der Waals surface area contributed by atoms with Gasteiger partial charge in [-0.2, -0.15) is 0 Å². The van der Waals surface area contributed by atoms with Crippen molar-refractivity contribution in [3.05, 3.63) is 35.4 Å². The Bertz CT molecular complexity index is 349. The predicted octanol–water partition coefficient (Wildman–Crippen LogP) is 0.772. The Hall–Kier alpha value is -1.35. The van der Waals surface area contributed by atoms with Gasteiger partial charge in [0.25, 0.3) is 5.91 Å². The summed E-state index contributed by atoms with van der Waals surface area (Å²) in [5.74, 6) is 0.0750. The predicted molar refractivity (Wildman–Crippen MR) is 50.3 cm³/mol. The van der Waals surface area contributed by atoms with Crippen LogP contribution in [-0.2, 0) is 0 Å². The third kappa shape index (κ3) is 1.04. The summed E-state index contributed by atoms with van der Waals surface area (Å²) in [6.07, 6.45) is 0. The van der Waals surface area contributed by atoms with E-state index in [1.54, 1.807) is 11.9 Å². The number of hydrogen-bond donors (Lipinski definition) is 1. The lowest BCUT2D eigenvalue weighted by Gasteiger charge is -2.18. The van der Waals surface area contributed by atoms with Crippen LogP contribution in [0.2, 0.25) is 0 Å². The smallest absolute Gasteiger partial charge is 0.254 e. The molecule has 0 bridgehead atoms. The Morgan fingerprint density at radius 3 is 2.85 bits per heavy atom. The van der Waals surface area contributed by atoms with Crippen molar-refractivity contribution in [1.82, 2.24) is 4.90 Å². The normalized spacial score (nSPS) is 20.6. The van der Waals surface area contributed by atoms with Gasteiger partial charge in [-0.15, -0.1) is 0 Å². The fourth-order valence-corrected chi connectivity index (χ4v) is 1.81. The molecule has 1 atom stereocenters. The first-order valence-electron chi connectivity index (χ1n) is 4.32. The quantitative estimate of drug-likeness (QED) is 0.687. The van der Waals surface area contributed by atoms with Gasteiger partial charge in [0.15, 0.2) is 0 Å². The topological polar surface area (TPSA) is 46.3 Å². The van der Waals surface area contributed by atoms with Crippen molar-refractivity contribution in [1.29, 1.82) is 0 Å². The highest BCUT2D eigenvalue weighted by Gasteiger charge is 2.32. The molecule has 3 nitrogen and oxygen atoms in total. The van der Waals surface area contributed by atoms with Crippen LogP contribution in [0, 0.1) is 0 Å². The number of carbonyl (C=O) groups excluding carboxylic acids is 1. The van der Waals surface area contributed by atoms with Crippen LogP contribution in [-0.4, -0.2) is 24.4 Å². The fourth-order valence-electron chi connectivity index (χ4n) is 1.81. The van der Waals surface area contributed by atoms with Crippen LogP contribution < -0.4 is 5.73 Å². The summed E-state index contributed by atoms with van der Waals surface area (Å²) >= 11 is 0. The number of rotatable bonds is 1. The molecule has 0 aliphatic carbocycles. The Kier molecular flexibility index (Phi) is 1.81. The lowest BCUT2D eigenvalue weighted by atomic mass is 10.1. The number of benzene rings is 1. The van der Waals surface area contributed by atoms with E-state index in [0.29, 0.717) is 6.54 Å². The molecular weight excluding hydrogens is 164 g/mol. The molecule has 0 saturated carbocycles. The van der Waals surface area contributed by atoms with Crippen molar-refractivity contribution in [3.63, 3.8) is 0 Å². The molecule has 0 fully saturated rings. The highest BCUT2D eigenvalue weighted by atomic mass is 16.2. The molecule has 1 aromatic carbocycles. The van der Waals surface area contributed by atoms with E-state index in [0.717, 1.165) is 11.1 Å². The van der Waals surface area contributed by atoms with E-state index in [1.165, 1.54) is 0 Å². The average Bonchev–Trinajstić information content (AvgIpc) is 2.41. The van der Waals surface area contributed by atoms with Crippen molar-refractivity contribution in [2.24, 2.45) is 5.73 Å². The van der Waals surface area contributed by atoms with Gasteiger partial charge >= 0.3 is 0 Å². The molecule has 2 N–H and O–H groups in total. The second-order valence-electron chi connectivity index (χ2n) is 3.25. The molecule has 1 aromatic rings. The molecule has 1 heterocycles. The summed E-state index contributed by atoms with van der Waals surface area (Å²) in [7, 11) is 1.79. The van der Waals surface area contributed by atoms with Crippen molar-refractivity contribution >= 4 is 5.91 Å². The zero-order valence-corrected chi connectivity index (χ0v) is 7.53. The standard InChI is InChI=1S/C10H12N2O/c1-12-9(6-11)7-4-2-3-5-8(7)10(12)13/h2-5,9H,6,11H2,1H3/t9-/m1/s1. The monoisotopic (exact) mass is 176 g/mol. The maximum absolute atomic E-state index is 11.6. The van der Waals surface area contributed by atoms with Crippen LogP contribution in [0.3, 0.4) is 0 Å². The minimum Gasteiger partial charge on any atom is -0.333 e. The summed E-state index contributed by atoms with van der Waals surface area (Å²) in [5.41, 5.74) is 7.45. The molecule has 0 unspecified atom stereocenters. The van der Waals surface area contributed by atoms with Gasteiger partial charge < -0.3 is 10.6 Å². The van der Waals surface area contributed by atoms with Gasteiger partial charge in [0, 0.05) is 19.2 Å². The van der Waals surface area contributed by atoms with Gasteiger partial charge in [-0.25, -0.2) is 0 Å². The van der Waals surface area contributed by atoms with E-state index in [4.69, 9.17) is 5.73 Å². The third-order valence-electron chi connectivity index (χ3n) is 2.56. The Balaban J connectivity index is 2.53. The van der Waals surface area contributed by atoms with Crippen LogP contribution in [0.1, 0.15) is 22.0 Å². The molecule has 1 aliphatic heterocycles. The average molecular weight is 176 g/mol. The first-order valence-corrected chi connectivity index (χ1v) is 4.32. The summed E-state index contributed by atoms with van der Waals surface area (Å²) < 4.78 is 0. The van der Waals surface area contributed by atoms with E-state index in [2.05, 4.69) is 0 Å². The summed E-state index contributed by atoms with van der Waals surface area (Å²) in [6.45, 7) is 0.485. The molecule has 68 valence electrons. The summed E-state index contributed by atoms with van der Waals surface area (Å²) in [6, 6.07) is 7.69. The van der Waals surface area contributed by atoms with Gasteiger partial charge in [-0.3, -0.25) is 4.79 Å². The van der Waals surface area contributed by atoms with Crippen molar-refractivity contribution in [2.45, 2.75) is 6.04 Å². The first kappa shape index (κ1) is 8.26. The lowest BCUT2D eigenvalue weighted by molar-refractivity contribution is 0.0778. The van der Waals surface area contributed by atoms with Gasteiger partial charge in [-0.05, 0) is 11.6 Å². The molecular formula is C10H12N2O. The highest BCUT2D eigenvalue weighted by molar-refractivity contribution is 5.99. The molecule has 3 heteroatoms. The number of amides is 1. The summed E-state index contributed by atoms with van der Waals surface area (Å²) in [5, 5.41) is 0. The fraction of sp³-hybridized carbons (Fsp3) is 0.300. The molecule has 0 saturated heterocycles. The van der Waals surface area contributed by atoms with E-state index in [-0.39, 0.29) is 11.9 Å². The Morgan fingerprint density at radius 1 is 1.46 bits per heavy atom. The van der Waals surface area contributed by atoms with Crippen LogP contribution >= 0.6 is 0 Å². The molecule has 0 spiro atoms. The number of carbonyl (C=O) groups is 1. The zero-order chi connectivity index (χ0) is 9.42. The molecule has 0 aromatic heterocycles. The number of fused-ring (bicyclic) bond motifs is 1. The van der Waals surface area contributed by atoms with Crippen LogP contribution in [0.15, 0.2) is 24.3 Å². The first-order chi connectivity index (χ1) is 6.25. The molecule has 1 amide bonds. The number of likely N-dealkylation sites (N-methyl/N-ethyl adjacent to an activating group) is 1. The minimum atomic E-state index is 0.0590. The number of hydrogen-bond acceptors (Lipinski definition) is 2. The second-order valence-corrected chi connectivity index (χ2v) is 3.25. The molecule has 2 rings (SSSR count). The molecule has 1 aliphatic rings. The number of nitrogens with zero attached hydrogens (tertiary/aromatic N) is 1. The Morgan fingerprint density at radius 2 is 2.15 bits per heavy atom. The van der Waals surface area contributed by atoms with Gasteiger partial charge in [0.1, 0.15) is 0 Å². The largest absolute Gasteiger partial charge is 0.333 e. The maximum Gasteiger partial charge on any atom is 0.254 e. The zero-order valence-electron chi connectivity index (χ0n) is 7.53. The molecule has 0 radical (unpaired) electrons. The Labute approximate surface area is 77.1 Å². The highest BCUT2D eigenvalue weighted by Crippen LogP contribution is 2.30. The van der Waals surface area contributed by atoms with E-state index >= 15 is 0 Å². The van der Waals surface area contributed by atoms with Crippen LogP contribution in [0.5, 0.6) is 0 Å². The van der Waals surface area contributed by atoms with Crippen molar-refractivity contribution < 1.29 is 4.79 Å². The number of nitrogens with two attached hydrogens (primary N) is 1.